The summed E-state index contributed by atoms with van der Waals surface area (Å²) in [5.74, 6) is 0.457. The molecule has 0 radical (unpaired) electrons. The van der Waals surface area contributed by atoms with Crippen LogP contribution in [-0.2, 0) is 0 Å². The number of nitrogens with zero attached hydrogens (tertiary/aromatic N) is 2. The van der Waals surface area contributed by atoms with E-state index in [4.69, 9.17) is 12.2 Å². The van der Waals surface area contributed by atoms with Crippen LogP contribution >= 0.6 is 12.2 Å². The van der Waals surface area contributed by atoms with Gasteiger partial charge in [0.05, 0.1) is 5.70 Å². The highest BCUT2D eigenvalue weighted by Gasteiger charge is 2.05. The van der Waals surface area contributed by atoms with Gasteiger partial charge in [0, 0.05) is 23.7 Å². The van der Waals surface area contributed by atoms with E-state index in [-0.39, 0.29) is 0 Å². The lowest BCUT2D eigenvalue weighted by Crippen LogP contribution is -2.27. The third-order valence-corrected chi connectivity index (χ3v) is 4.44. The molecule has 0 heterocycles. The monoisotopic (exact) mass is 390 g/mol. The summed E-state index contributed by atoms with van der Waals surface area (Å²) in [4.78, 5) is 8.64. The van der Waals surface area contributed by atoms with Crippen LogP contribution in [0.3, 0.4) is 0 Å². The zero-order valence-corrected chi connectivity index (χ0v) is 17.7. The third-order valence-electron chi connectivity index (χ3n) is 4.23. The van der Waals surface area contributed by atoms with Crippen LogP contribution in [0.2, 0.25) is 0 Å². The number of thiocarbonyl (C=S) groups is 1. The van der Waals surface area contributed by atoms with E-state index in [1.807, 2.05) is 64.1 Å². The van der Waals surface area contributed by atoms with Crippen molar-refractivity contribution in [1.29, 1.82) is 0 Å². The Bertz CT molecular complexity index is 950. The first-order valence-electron chi connectivity index (χ1n) is 8.97. The van der Waals surface area contributed by atoms with Crippen LogP contribution in [0.5, 0.6) is 0 Å². The Kier molecular flexibility index (Phi) is 7.41. The van der Waals surface area contributed by atoms with Crippen LogP contribution in [0.1, 0.15) is 34.7 Å². The minimum Gasteiger partial charge on any atom is -0.332 e. The van der Waals surface area contributed by atoms with Gasteiger partial charge in [-0.1, -0.05) is 43.5 Å². The molecule has 144 valence electrons. The largest absolute Gasteiger partial charge is 0.332 e. The van der Waals surface area contributed by atoms with Gasteiger partial charge in [0.25, 0.3) is 0 Å². The number of anilines is 1. The summed E-state index contributed by atoms with van der Waals surface area (Å²) >= 11 is 5.39. The van der Waals surface area contributed by atoms with Crippen LogP contribution in [0.25, 0.3) is 5.70 Å². The second-order valence-electron chi connectivity index (χ2n) is 6.46. The summed E-state index contributed by atoms with van der Waals surface area (Å²) in [6, 6.07) is 12.1. The molecule has 4 nitrogen and oxygen atoms in total. The van der Waals surface area contributed by atoms with Gasteiger partial charge in [0.1, 0.15) is 5.82 Å². The highest BCUT2D eigenvalue weighted by atomic mass is 32.1. The summed E-state index contributed by atoms with van der Waals surface area (Å²) in [7, 11) is 0. The second kappa shape index (κ2) is 9.76. The molecule has 2 rings (SSSR count). The average molecular weight is 391 g/mol. The SMILES string of the molecule is C=C(N=Cc1cc(C(=C)N=CC)ccc1C)NC(=S)Nc1c(C)cccc1C. The summed E-state index contributed by atoms with van der Waals surface area (Å²) in [6.07, 6.45) is 3.49. The Morgan fingerprint density at radius 3 is 2.32 bits per heavy atom. The van der Waals surface area contributed by atoms with Crippen molar-refractivity contribution in [1.82, 2.24) is 5.32 Å². The Balaban J connectivity index is 2.06. The van der Waals surface area contributed by atoms with E-state index in [0.717, 1.165) is 33.5 Å². The van der Waals surface area contributed by atoms with E-state index >= 15 is 0 Å². The maximum Gasteiger partial charge on any atom is 0.176 e. The smallest absolute Gasteiger partial charge is 0.176 e. The first-order chi connectivity index (χ1) is 13.3. The Hall–Kier alpha value is -3.05. The first kappa shape index (κ1) is 21.3. The normalized spacial score (nSPS) is 11.0. The van der Waals surface area contributed by atoms with Crippen molar-refractivity contribution >= 4 is 41.1 Å². The molecular formula is C23H26N4S. The minimum atomic E-state index is 0.454. The minimum absolute atomic E-state index is 0.454. The van der Waals surface area contributed by atoms with Crippen molar-refractivity contribution in [2.45, 2.75) is 27.7 Å². The fourth-order valence-electron chi connectivity index (χ4n) is 2.66. The lowest BCUT2D eigenvalue weighted by molar-refractivity contribution is 1.11. The molecular weight excluding hydrogens is 364 g/mol. The molecule has 2 N–H and O–H groups in total. The predicted octanol–water partition coefficient (Wildman–Crippen LogP) is 5.55. The van der Waals surface area contributed by atoms with Gasteiger partial charge in [-0.2, -0.15) is 0 Å². The zero-order valence-electron chi connectivity index (χ0n) is 16.8. The Morgan fingerprint density at radius 1 is 1.00 bits per heavy atom. The van der Waals surface area contributed by atoms with Crippen LogP contribution in [-0.4, -0.2) is 17.5 Å². The van der Waals surface area contributed by atoms with E-state index in [0.29, 0.717) is 16.6 Å². The molecule has 5 heteroatoms. The van der Waals surface area contributed by atoms with Gasteiger partial charge in [0.15, 0.2) is 5.11 Å². The van der Waals surface area contributed by atoms with E-state index in [1.165, 1.54) is 0 Å². The molecule has 0 aliphatic heterocycles. The Morgan fingerprint density at radius 2 is 1.68 bits per heavy atom. The molecule has 2 aromatic carbocycles. The van der Waals surface area contributed by atoms with Crippen LogP contribution < -0.4 is 10.6 Å². The number of hydrogen-bond acceptors (Lipinski definition) is 3. The lowest BCUT2D eigenvalue weighted by atomic mass is 10.0. The molecule has 0 fully saturated rings. The zero-order chi connectivity index (χ0) is 20.7. The summed E-state index contributed by atoms with van der Waals surface area (Å²) in [5.41, 5.74) is 6.99. The number of benzene rings is 2. The van der Waals surface area contributed by atoms with Gasteiger partial charge in [0.2, 0.25) is 0 Å². The van der Waals surface area contributed by atoms with Gasteiger partial charge < -0.3 is 10.6 Å². The van der Waals surface area contributed by atoms with Crippen molar-refractivity contribution in [2.24, 2.45) is 9.98 Å². The lowest BCUT2D eigenvalue weighted by Gasteiger charge is -2.14. The Labute approximate surface area is 172 Å². The molecule has 0 saturated carbocycles. The molecule has 0 atom stereocenters. The van der Waals surface area contributed by atoms with Crippen LogP contribution in [0.4, 0.5) is 5.69 Å². The van der Waals surface area contributed by atoms with Crippen molar-refractivity contribution in [3.8, 4) is 0 Å². The number of aliphatic imine (C=N–C) groups is 2. The van der Waals surface area contributed by atoms with Gasteiger partial charge in [-0.3, -0.25) is 4.99 Å². The average Bonchev–Trinajstić information content (AvgIpc) is 2.64. The van der Waals surface area contributed by atoms with Crippen molar-refractivity contribution in [3.63, 3.8) is 0 Å². The number of para-hydroxylation sites is 1. The number of hydrogen-bond donors (Lipinski definition) is 2. The summed E-state index contributed by atoms with van der Waals surface area (Å²) < 4.78 is 0. The van der Waals surface area contributed by atoms with Crippen molar-refractivity contribution < 1.29 is 0 Å². The number of nitrogens with one attached hydrogen (secondary N) is 2. The van der Waals surface area contributed by atoms with Gasteiger partial charge in [-0.15, -0.1) is 0 Å². The van der Waals surface area contributed by atoms with E-state index in [1.54, 1.807) is 12.4 Å². The molecule has 0 aliphatic carbocycles. The molecule has 0 bridgehead atoms. The quantitative estimate of drug-likeness (QED) is 0.502. The molecule has 2 aromatic rings. The fourth-order valence-corrected chi connectivity index (χ4v) is 2.88. The third kappa shape index (κ3) is 5.72. The van der Waals surface area contributed by atoms with E-state index in [2.05, 4.69) is 33.8 Å². The van der Waals surface area contributed by atoms with Gasteiger partial charge in [-0.05, 0) is 68.2 Å². The molecule has 0 spiro atoms. The second-order valence-corrected chi connectivity index (χ2v) is 6.86. The highest BCUT2D eigenvalue weighted by Crippen LogP contribution is 2.19. The van der Waals surface area contributed by atoms with Gasteiger partial charge in [-0.25, -0.2) is 4.99 Å². The standard InChI is InChI=1S/C23H26N4S/c1-7-24-18(5)20-12-11-15(2)21(13-20)14-25-19(6)26-23(28)27-22-16(3)9-8-10-17(22)4/h7-14H,5-6H2,1-4H3,(H2,26,27,28). The fraction of sp³-hybridized carbons (Fsp3) is 0.174. The van der Waals surface area contributed by atoms with Crippen LogP contribution in [0.15, 0.2) is 65.4 Å². The summed E-state index contributed by atoms with van der Waals surface area (Å²) in [5, 5.41) is 6.69. The molecule has 0 unspecified atom stereocenters. The molecule has 0 aromatic heterocycles. The van der Waals surface area contributed by atoms with E-state index in [9.17, 15) is 0 Å². The predicted molar refractivity (Wildman–Crippen MR) is 126 cm³/mol. The topological polar surface area (TPSA) is 48.8 Å². The maximum atomic E-state index is 5.39. The molecule has 0 saturated heterocycles. The number of aryl methyl sites for hydroxylation is 3. The molecule has 0 amide bonds. The van der Waals surface area contributed by atoms with Crippen molar-refractivity contribution in [3.05, 3.63) is 83.2 Å². The highest BCUT2D eigenvalue weighted by molar-refractivity contribution is 7.80. The summed E-state index contributed by atoms with van der Waals surface area (Å²) in [6.45, 7) is 15.9. The molecule has 28 heavy (non-hydrogen) atoms. The van der Waals surface area contributed by atoms with Crippen molar-refractivity contribution in [2.75, 3.05) is 5.32 Å². The van der Waals surface area contributed by atoms with Crippen LogP contribution in [0, 0.1) is 20.8 Å². The number of rotatable bonds is 6. The van der Waals surface area contributed by atoms with E-state index < -0.39 is 0 Å². The maximum absolute atomic E-state index is 5.39. The molecule has 0 aliphatic rings. The first-order valence-corrected chi connectivity index (χ1v) is 9.38. The van der Waals surface area contributed by atoms with Gasteiger partial charge >= 0.3 is 0 Å².